The van der Waals surface area contributed by atoms with Gasteiger partial charge in [0.15, 0.2) is 0 Å². The molecule has 1 aromatic carbocycles. The maximum absolute atomic E-state index is 12.4. The minimum absolute atomic E-state index is 0.274. The summed E-state index contributed by atoms with van der Waals surface area (Å²) in [6, 6.07) is 8.66. The van der Waals surface area contributed by atoms with Gasteiger partial charge in [0.25, 0.3) is 10.0 Å². The predicted molar refractivity (Wildman–Crippen MR) is 79.0 cm³/mol. The van der Waals surface area contributed by atoms with E-state index in [2.05, 4.69) is 15.0 Å². The number of nitrogens with zero attached hydrogens (tertiary/aromatic N) is 1. The lowest BCUT2D eigenvalue weighted by Crippen LogP contribution is -2.17. The van der Waals surface area contributed by atoms with Gasteiger partial charge >= 0.3 is 0 Å². The number of hydrogen-bond acceptors (Lipinski definition) is 4. The molecule has 0 aliphatic rings. The fourth-order valence-electron chi connectivity index (χ4n) is 1.92. The second kappa shape index (κ2) is 6.02. The van der Waals surface area contributed by atoms with Gasteiger partial charge in [-0.2, -0.15) is 0 Å². The second-order valence-corrected chi connectivity index (χ2v) is 6.15. The summed E-state index contributed by atoms with van der Waals surface area (Å²) in [5.41, 5.74) is 2.08. The van der Waals surface area contributed by atoms with E-state index in [-0.39, 0.29) is 4.90 Å². The van der Waals surface area contributed by atoms with Crippen molar-refractivity contribution in [2.75, 3.05) is 11.8 Å². The van der Waals surface area contributed by atoms with Crippen LogP contribution in [0.1, 0.15) is 11.1 Å². The van der Waals surface area contributed by atoms with Gasteiger partial charge in [-0.3, -0.25) is 9.71 Å². The molecule has 0 aliphatic carbocycles. The lowest BCUT2D eigenvalue weighted by atomic mass is 10.2. The summed E-state index contributed by atoms with van der Waals surface area (Å²) in [6.45, 7) is 2.35. The average molecular weight is 291 g/mol. The van der Waals surface area contributed by atoms with E-state index in [1.165, 1.54) is 6.20 Å². The Morgan fingerprint density at radius 2 is 1.95 bits per heavy atom. The van der Waals surface area contributed by atoms with Crippen LogP contribution in [0.2, 0.25) is 0 Å². The molecule has 2 aromatic rings. The van der Waals surface area contributed by atoms with Crippen LogP contribution in [-0.4, -0.2) is 20.4 Å². The van der Waals surface area contributed by atoms with Crippen LogP contribution in [0.4, 0.5) is 5.69 Å². The van der Waals surface area contributed by atoms with Crippen LogP contribution in [0.5, 0.6) is 0 Å². The van der Waals surface area contributed by atoms with Crippen molar-refractivity contribution in [1.82, 2.24) is 10.3 Å². The zero-order chi connectivity index (χ0) is 14.6. The number of nitrogens with one attached hydrogen (secondary N) is 2. The van der Waals surface area contributed by atoms with Crippen LogP contribution >= 0.6 is 0 Å². The Hall–Kier alpha value is -1.92. The first-order valence-corrected chi connectivity index (χ1v) is 7.68. The quantitative estimate of drug-likeness (QED) is 0.883. The molecule has 0 aliphatic heterocycles. The molecule has 0 saturated carbocycles. The highest BCUT2D eigenvalue weighted by molar-refractivity contribution is 7.92. The molecule has 0 saturated heterocycles. The van der Waals surface area contributed by atoms with Crippen molar-refractivity contribution in [2.45, 2.75) is 18.4 Å². The molecule has 106 valence electrons. The van der Waals surface area contributed by atoms with Gasteiger partial charge in [0.1, 0.15) is 0 Å². The Morgan fingerprint density at radius 3 is 2.65 bits per heavy atom. The monoisotopic (exact) mass is 291 g/mol. The largest absolute Gasteiger partial charge is 0.316 e. The van der Waals surface area contributed by atoms with E-state index in [9.17, 15) is 8.42 Å². The minimum atomic E-state index is -3.61. The second-order valence-electron chi connectivity index (χ2n) is 4.49. The third-order valence-corrected chi connectivity index (χ3v) is 4.24. The predicted octanol–water partition coefficient (Wildman–Crippen LogP) is 1.91. The van der Waals surface area contributed by atoms with E-state index in [4.69, 9.17) is 0 Å². The standard InChI is InChI=1S/C14H17N3O2S/c1-11-7-13(10-16-8-11)17-20(18,19)14-6-4-3-5-12(14)9-15-2/h3-8,10,15,17H,9H2,1-2H3. The highest BCUT2D eigenvalue weighted by Crippen LogP contribution is 2.19. The summed E-state index contributed by atoms with van der Waals surface area (Å²) >= 11 is 0. The zero-order valence-corrected chi connectivity index (χ0v) is 12.2. The van der Waals surface area contributed by atoms with Gasteiger partial charge in [0.2, 0.25) is 0 Å². The van der Waals surface area contributed by atoms with Crippen molar-refractivity contribution in [3.05, 3.63) is 53.9 Å². The molecule has 0 spiro atoms. The van der Waals surface area contributed by atoms with Gasteiger partial charge in [-0.15, -0.1) is 0 Å². The first kappa shape index (κ1) is 14.5. The zero-order valence-electron chi connectivity index (χ0n) is 11.4. The maximum atomic E-state index is 12.4. The molecular formula is C14H17N3O2S. The van der Waals surface area contributed by atoms with Crippen LogP contribution in [0.3, 0.4) is 0 Å². The van der Waals surface area contributed by atoms with E-state index >= 15 is 0 Å². The van der Waals surface area contributed by atoms with Gasteiger partial charge in [-0.25, -0.2) is 8.42 Å². The Labute approximate surface area is 119 Å². The number of rotatable bonds is 5. The summed E-state index contributed by atoms with van der Waals surface area (Å²) in [7, 11) is -1.83. The van der Waals surface area contributed by atoms with Crippen LogP contribution in [0, 0.1) is 6.92 Å². The van der Waals surface area contributed by atoms with Crippen molar-refractivity contribution in [3.8, 4) is 0 Å². The summed E-state index contributed by atoms with van der Waals surface area (Å²) in [4.78, 5) is 4.26. The first-order valence-electron chi connectivity index (χ1n) is 6.20. The number of benzene rings is 1. The topological polar surface area (TPSA) is 71.1 Å². The normalized spacial score (nSPS) is 11.3. The first-order chi connectivity index (χ1) is 9.53. The molecule has 1 aromatic heterocycles. The van der Waals surface area contributed by atoms with Crippen molar-refractivity contribution in [3.63, 3.8) is 0 Å². The average Bonchev–Trinajstić information content (AvgIpc) is 2.39. The lowest BCUT2D eigenvalue weighted by molar-refractivity contribution is 0.599. The van der Waals surface area contributed by atoms with Crippen LogP contribution in [-0.2, 0) is 16.6 Å². The SMILES string of the molecule is CNCc1ccccc1S(=O)(=O)Nc1cncc(C)c1. The van der Waals surface area contributed by atoms with E-state index in [1.807, 2.05) is 13.0 Å². The summed E-state index contributed by atoms with van der Waals surface area (Å²) in [5.74, 6) is 0. The third-order valence-electron chi connectivity index (χ3n) is 2.76. The fraction of sp³-hybridized carbons (Fsp3) is 0.214. The van der Waals surface area contributed by atoms with E-state index in [0.717, 1.165) is 11.1 Å². The summed E-state index contributed by atoms with van der Waals surface area (Å²) in [5, 5.41) is 2.96. The Morgan fingerprint density at radius 1 is 1.20 bits per heavy atom. The number of sulfonamides is 1. The van der Waals surface area contributed by atoms with Crippen molar-refractivity contribution in [2.24, 2.45) is 0 Å². The summed E-state index contributed by atoms with van der Waals surface area (Å²) in [6.07, 6.45) is 3.16. The highest BCUT2D eigenvalue weighted by atomic mass is 32.2. The molecule has 0 unspecified atom stereocenters. The molecule has 6 heteroatoms. The van der Waals surface area contributed by atoms with Crippen molar-refractivity contribution < 1.29 is 8.42 Å². The lowest BCUT2D eigenvalue weighted by Gasteiger charge is -2.12. The Kier molecular flexibility index (Phi) is 4.36. The van der Waals surface area contributed by atoms with Gasteiger partial charge in [-0.1, -0.05) is 18.2 Å². The molecule has 1 heterocycles. The molecule has 0 amide bonds. The van der Waals surface area contributed by atoms with Crippen LogP contribution < -0.4 is 10.0 Å². The van der Waals surface area contributed by atoms with Crippen molar-refractivity contribution >= 4 is 15.7 Å². The number of aryl methyl sites for hydroxylation is 1. The molecule has 0 radical (unpaired) electrons. The molecular weight excluding hydrogens is 274 g/mol. The molecule has 20 heavy (non-hydrogen) atoms. The number of hydrogen-bond donors (Lipinski definition) is 2. The van der Waals surface area contributed by atoms with Gasteiger partial charge < -0.3 is 5.32 Å². The van der Waals surface area contributed by atoms with E-state index in [1.54, 1.807) is 37.5 Å². The smallest absolute Gasteiger partial charge is 0.262 e. The van der Waals surface area contributed by atoms with E-state index in [0.29, 0.717) is 12.2 Å². The van der Waals surface area contributed by atoms with Crippen LogP contribution in [0.15, 0.2) is 47.6 Å². The molecule has 5 nitrogen and oxygen atoms in total. The van der Waals surface area contributed by atoms with Crippen LogP contribution in [0.25, 0.3) is 0 Å². The molecule has 0 bridgehead atoms. The van der Waals surface area contributed by atoms with Gasteiger partial charge in [0, 0.05) is 12.7 Å². The van der Waals surface area contributed by atoms with Crippen molar-refractivity contribution in [1.29, 1.82) is 0 Å². The molecule has 2 rings (SSSR count). The Balaban J connectivity index is 2.36. The van der Waals surface area contributed by atoms with Gasteiger partial charge in [0.05, 0.1) is 16.8 Å². The minimum Gasteiger partial charge on any atom is -0.316 e. The number of aromatic nitrogens is 1. The maximum Gasteiger partial charge on any atom is 0.262 e. The summed E-state index contributed by atoms with van der Waals surface area (Å²) < 4.78 is 27.4. The number of anilines is 1. The van der Waals surface area contributed by atoms with E-state index < -0.39 is 10.0 Å². The van der Waals surface area contributed by atoms with Gasteiger partial charge in [-0.05, 0) is 37.2 Å². The molecule has 2 N–H and O–H groups in total. The third kappa shape index (κ3) is 3.34. The molecule has 0 atom stereocenters. The molecule has 0 fully saturated rings. The number of pyridine rings is 1. The highest BCUT2D eigenvalue weighted by Gasteiger charge is 2.17. The fourth-order valence-corrected chi connectivity index (χ4v) is 3.20. The Bertz CT molecular complexity index is 699.